The summed E-state index contributed by atoms with van der Waals surface area (Å²) in [6.45, 7) is 0. The molecule has 0 spiro atoms. The molecule has 4 rings (SSSR count). The van der Waals surface area contributed by atoms with Gasteiger partial charge in [0.15, 0.2) is 17.2 Å². The van der Waals surface area contributed by atoms with Crippen LogP contribution in [0.4, 0.5) is 0 Å². The molecular weight excluding hydrogens is 336 g/mol. The topological polar surface area (TPSA) is 57.3 Å². The van der Waals surface area contributed by atoms with Crippen LogP contribution >= 0.6 is 11.8 Å². The van der Waals surface area contributed by atoms with Crippen LogP contribution in [-0.2, 0) is 12.8 Å². The fourth-order valence-electron chi connectivity index (χ4n) is 3.05. The lowest BCUT2D eigenvalue weighted by Gasteiger charge is -2.09. The molecule has 5 nitrogen and oxygen atoms in total. The van der Waals surface area contributed by atoms with E-state index in [9.17, 15) is 4.79 Å². The Balaban J connectivity index is 1.95. The average molecular weight is 356 g/mol. The highest BCUT2D eigenvalue weighted by Crippen LogP contribution is 2.42. The molecule has 2 aromatic heterocycles. The molecule has 0 atom stereocenters. The van der Waals surface area contributed by atoms with Crippen molar-refractivity contribution in [2.75, 3.05) is 13.4 Å². The molecule has 6 heteroatoms. The number of aromatic nitrogens is 2. The normalized spacial score (nSPS) is 14.2. The lowest BCUT2D eigenvalue weighted by molar-refractivity contribution is 0.405. The zero-order chi connectivity index (χ0) is 17.6. The van der Waals surface area contributed by atoms with E-state index in [1.54, 1.807) is 29.4 Å². The first kappa shape index (κ1) is 16.3. The molecular formula is C19H20N2O3S. The Morgan fingerprint density at radius 2 is 2.16 bits per heavy atom. The molecule has 1 aromatic carbocycles. The number of methoxy groups -OCH3 is 1. The molecule has 0 radical (unpaired) electrons. The molecule has 0 saturated heterocycles. The summed E-state index contributed by atoms with van der Waals surface area (Å²) in [5, 5.41) is 0. The van der Waals surface area contributed by atoms with Crippen LogP contribution in [-0.4, -0.2) is 22.9 Å². The van der Waals surface area contributed by atoms with Gasteiger partial charge in [0.05, 0.1) is 7.11 Å². The molecule has 0 amide bonds. The Bertz CT molecular complexity index is 1000. The lowest BCUT2D eigenvalue weighted by atomic mass is 10.0. The number of oxazole rings is 1. The van der Waals surface area contributed by atoms with Crippen LogP contribution in [0, 0.1) is 0 Å². The van der Waals surface area contributed by atoms with Crippen molar-refractivity contribution in [2.45, 2.75) is 24.5 Å². The van der Waals surface area contributed by atoms with Gasteiger partial charge in [-0.05, 0) is 42.9 Å². The van der Waals surface area contributed by atoms with Gasteiger partial charge in [-0.1, -0.05) is 0 Å². The molecule has 0 unspecified atom stereocenters. The van der Waals surface area contributed by atoms with E-state index in [1.807, 2.05) is 6.20 Å². The van der Waals surface area contributed by atoms with Crippen LogP contribution in [0.25, 0.3) is 22.2 Å². The van der Waals surface area contributed by atoms with Gasteiger partial charge >= 0.3 is 0 Å². The Kier molecular flexibility index (Phi) is 4.07. The Labute approximate surface area is 150 Å². The molecule has 0 N–H and O–H groups in total. The average Bonchev–Trinajstić information content (AvgIpc) is 3.36. The van der Waals surface area contributed by atoms with Crippen LogP contribution < -0.4 is 10.3 Å². The highest BCUT2D eigenvalue weighted by Gasteiger charge is 2.29. The third-order valence-corrected chi connectivity index (χ3v) is 5.11. The van der Waals surface area contributed by atoms with E-state index in [0.717, 1.165) is 46.7 Å². The minimum atomic E-state index is -0.154. The Morgan fingerprint density at radius 3 is 2.84 bits per heavy atom. The summed E-state index contributed by atoms with van der Waals surface area (Å²) in [6, 6.07) is 6.00. The van der Waals surface area contributed by atoms with E-state index >= 15 is 0 Å². The number of aryl methyl sites for hydroxylation is 1. The fraction of sp³-hybridized carbons (Fsp3) is 0.368. The maximum absolute atomic E-state index is 12.1. The van der Waals surface area contributed by atoms with Crippen molar-refractivity contribution < 1.29 is 9.15 Å². The van der Waals surface area contributed by atoms with Crippen LogP contribution in [0.5, 0.6) is 5.75 Å². The second-order valence-electron chi connectivity index (χ2n) is 6.46. The van der Waals surface area contributed by atoms with Gasteiger partial charge in [-0.2, -0.15) is 11.8 Å². The monoisotopic (exact) mass is 356 g/mol. The summed E-state index contributed by atoms with van der Waals surface area (Å²) >= 11 is 1.77. The summed E-state index contributed by atoms with van der Waals surface area (Å²) in [5.41, 5.74) is 4.56. The van der Waals surface area contributed by atoms with Crippen molar-refractivity contribution in [3.05, 3.63) is 46.2 Å². The molecule has 1 aliphatic carbocycles. The van der Waals surface area contributed by atoms with Gasteiger partial charge in [-0.25, -0.2) is 4.98 Å². The highest BCUT2D eigenvalue weighted by atomic mass is 32.2. The largest absolute Gasteiger partial charge is 0.491 e. The number of nitrogens with zero attached hydrogens (tertiary/aromatic N) is 2. The zero-order valence-electron chi connectivity index (χ0n) is 14.5. The molecule has 1 saturated carbocycles. The summed E-state index contributed by atoms with van der Waals surface area (Å²) in [5.74, 6) is 2.51. The SMILES string of the molecule is COc1cc(-c2cc(CSC)cc3nc(C4CC4)oc23)cn(C)c1=O. The van der Waals surface area contributed by atoms with Gasteiger partial charge in [-0.3, -0.25) is 4.79 Å². The van der Waals surface area contributed by atoms with Crippen molar-refractivity contribution in [1.29, 1.82) is 0 Å². The van der Waals surface area contributed by atoms with Gasteiger partial charge in [0.25, 0.3) is 5.56 Å². The van der Waals surface area contributed by atoms with Crippen molar-refractivity contribution in [2.24, 2.45) is 7.05 Å². The van der Waals surface area contributed by atoms with Crippen molar-refractivity contribution in [3.63, 3.8) is 0 Å². The fourth-order valence-corrected chi connectivity index (χ4v) is 3.55. The summed E-state index contributed by atoms with van der Waals surface area (Å²) in [6.07, 6.45) is 6.19. The minimum Gasteiger partial charge on any atom is -0.491 e. The maximum Gasteiger partial charge on any atom is 0.292 e. The second kappa shape index (κ2) is 6.26. The number of pyridine rings is 1. The summed E-state index contributed by atoms with van der Waals surface area (Å²) in [4.78, 5) is 16.8. The first-order valence-corrected chi connectivity index (χ1v) is 9.67. The van der Waals surface area contributed by atoms with E-state index in [4.69, 9.17) is 14.1 Å². The molecule has 1 fully saturated rings. The predicted molar refractivity (Wildman–Crippen MR) is 100 cm³/mol. The number of hydrogen-bond acceptors (Lipinski definition) is 5. The smallest absolute Gasteiger partial charge is 0.292 e. The molecule has 0 bridgehead atoms. The Morgan fingerprint density at radius 1 is 1.36 bits per heavy atom. The van der Waals surface area contributed by atoms with E-state index in [1.165, 1.54) is 12.7 Å². The van der Waals surface area contributed by atoms with E-state index < -0.39 is 0 Å². The second-order valence-corrected chi connectivity index (χ2v) is 7.33. The van der Waals surface area contributed by atoms with Gasteiger partial charge in [0.2, 0.25) is 0 Å². The molecule has 3 aromatic rings. The number of thioether (sulfide) groups is 1. The predicted octanol–water partition coefficient (Wildman–Crippen LogP) is 3.94. The van der Waals surface area contributed by atoms with Crippen LogP contribution in [0.3, 0.4) is 0 Å². The first-order chi connectivity index (χ1) is 12.1. The zero-order valence-corrected chi connectivity index (χ0v) is 15.4. The van der Waals surface area contributed by atoms with Crippen LogP contribution in [0.1, 0.15) is 30.2 Å². The van der Waals surface area contributed by atoms with Crippen LogP contribution in [0.2, 0.25) is 0 Å². The molecule has 2 heterocycles. The minimum absolute atomic E-state index is 0.154. The molecule has 0 aliphatic heterocycles. The van der Waals surface area contributed by atoms with E-state index in [2.05, 4.69) is 18.4 Å². The number of rotatable bonds is 5. The van der Waals surface area contributed by atoms with Crippen LogP contribution in [0.15, 0.2) is 33.6 Å². The third kappa shape index (κ3) is 2.95. The van der Waals surface area contributed by atoms with Gasteiger partial charge in [0.1, 0.15) is 5.52 Å². The lowest BCUT2D eigenvalue weighted by Crippen LogP contribution is -2.17. The van der Waals surface area contributed by atoms with Crippen molar-refractivity contribution in [3.8, 4) is 16.9 Å². The highest BCUT2D eigenvalue weighted by molar-refractivity contribution is 7.97. The van der Waals surface area contributed by atoms with E-state index in [0.29, 0.717) is 11.7 Å². The first-order valence-electron chi connectivity index (χ1n) is 8.28. The molecule has 25 heavy (non-hydrogen) atoms. The number of ether oxygens (including phenoxy) is 1. The quantitative estimate of drug-likeness (QED) is 0.693. The van der Waals surface area contributed by atoms with Gasteiger partial charge in [0, 0.05) is 36.0 Å². The van der Waals surface area contributed by atoms with Crippen molar-refractivity contribution in [1.82, 2.24) is 9.55 Å². The van der Waals surface area contributed by atoms with E-state index in [-0.39, 0.29) is 5.56 Å². The number of hydrogen-bond donors (Lipinski definition) is 0. The van der Waals surface area contributed by atoms with Gasteiger partial charge < -0.3 is 13.7 Å². The van der Waals surface area contributed by atoms with Gasteiger partial charge in [-0.15, -0.1) is 0 Å². The Hall–Kier alpha value is -2.21. The summed E-state index contributed by atoms with van der Waals surface area (Å²) in [7, 11) is 3.24. The third-order valence-electron chi connectivity index (χ3n) is 4.49. The number of fused-ring (bicyclic) bond motifs is 1. The standard InChI is InChI=1S/C19H20N2O3S/c1-21-9-13(8-16(23-2)19(21)22)14-6-11(10-25-3)7-15-17(14)24-18(20-15)12-4-5-12/h6-9,12H,4-5,10H2,1-3H3. The molecule has 130 valence electrons. The molecule has 1 aliphatic rings. The summed E-state index contributed by atoms with van der Waals surface area (Å²) < 4.78 is 12.9. The maximum atomic E-state index is 12.1. The number of benzene rings is 1. The van der Waals surface area contributed by atoms with Crippen molar-refractivity contribution >= 4 is 22.9 Å².